The second-order valence-corrected chi connectivity index (χ2v) is 7.68. The van der Waals surface area contributed by atoms with Crippen molar-refractivity contribution < 1.29 is 22.6 Å². The zero-order chi connectivity index (χ0) is 19.3. The summed E-state index contributed by atoms with van der Waals surface area (Å²) in [6, 6.07) is 8.62. The summed E-state index contributed by atoms with van der Waals surface area (Å²) < 4.78 is 43.6. The van der Waals surface area contributed by atoms with Gasteiger partial charge < -0.3 is 14.2 Å². The molecule has 2 aromatic carbocycles. The van der Waals surface area contributed by atoms with E-state index in [-0.39, 0.29) is 11.4 Å². The first-order chi connectivity index (χ1) is 12.3. The van der Waals surface area contributed by atoms with Crippen molar-refractivity contribution in [2.45, 2.75) is 25.2 Å². The quantitative estimate of drug-likeness (QED) is 0.763. The van der Waals surface area contributed by atoms with E-state index in [1.807, 2.05) is 19.9 Å². The molecule has 26 heavy (non-hydrogen) atoms. The molecule has 1 N–H and O–H groups in total. The van der Waals surface area contributed by atoms with Crippen molar-refractivity contribution in [2.24, 2.45) is 0 Å². The maximum atomic E-state index is 12.5. The summed E-state index contributed by atoms with van der Waals surface area (Å²) >= 11 is 0. The molecule has 0 saturated heterocycles. The monoisotopic (exact) mass is 379 g/mol. The predicted molar refractivity (Wildman–Crippen MR) is 101 cm³/mol. The van der Waals surface area contributed by atoms with E-state index >= 15 is 0 Å². The van der Waals surface area contributed by atoms with Crippen LogP contribution in [-0.4, -0.2) is 36.3 Å². The lowest BCUT2D eigenvalue weighted by Gasteiger charge is -2.15. The summed E-state index contributed by atoms with van der Waals surface area (Å²) in [5, 5.41) is 0. The van der Waals surface area contributed by atoms with Crippen LogP contribution in [0.2, 0.25) is 0 Å². The number of benzene rings is 2. The number of methoxy groups -OCH3 is 3. The number of hydrogen-bond acceptors (Lipinski definition) is 5. The Kier molecular flexibility index (Phi) is 6.50. The molecule has 0 atom stereocenters. The molecule has 2 rings (SSSR count). The van der Waals surface area contributed by atoms with Crippen LogP contribution in [0, 0.1) is 13.8 Å². The van der Waals surface area contributed by atoms with Crippen molar-refractivity contribution in [1.82, 2.24) is 4.72 Å². The second-order valence-electron chi connectivity index (χ2n) is 5.92. The molecular weight excluding hydrogens is 354 g/mol. The summed E-state index contributed by atoms with van der Waals surface area (Å²) in [4.78, 5) is 0.260. The van der Waals surface area contributed by atoms with Crippen LogP contribution in [0.4, 0.5) is 0 Å². The maximum Gasteiger partial charge on any atom is 0.240 e. The summed E-state index contributed by atoms with van der Waals surface area (Å²) in [5.74, 6) is 1.73. The Morgan fingerprint density at radius 1 is 0.923 bits per heavy atom. The van der Waals surface area contributed by atoms with Crippen LogP contribution in [0.3, 0.4) is 0 Å². The van der Waals surface area contributed by atoms with E-state index in [9.17, 15) is 8.42 Å². The average molecular weight is 379 g/mol. The Hall–Kier alpha value is -2.25. The number of hydrogen-bond donors (Lipinski definition) is 1. The Labute approximate surface area is 155 Å². The zero-order valence-corrected chi connectivity index (χ0v) is 16.6. The Morgan fingerprint density at radius 2 is 1.65 bits per heavy atom. The molecule has 0 fully saturated rings. The van der Waals surface area contributed by atoms with Crippen molar-refractivity contribution in [2.75, 3.05) is 27.9 Å². The molecular formula is C19H25NO5S. The molecule has 7 heteroatoms. The van der Waals surface area contributed by atoms with E-state index < -0.39 is 10.0 Å². The Bertz CT molecular complexity index is 878. The fraction of sp³-hybridized carbons (Fsp3) is 0.368. The fourth-order valence-corrected chi connectivity index (χ4v) is 3.72. The first-order valence-corrected chi connectivity index (χ1v) is 9.66. The van der Waals surface area contributed by atoms with Gasteiger partial charge in [0.25, 0.3) is 0 Å². The van der Waals surface area contributed by atoms with Crippen LogP contribution >= 0.6 is 0 Å². The highest BCUT2D eigenvalue weighted by Gasteiger charge is 2.17. The van der Waals surface area contributed by atoms with Gasteiger partial charge in [0.1, 0.15) is 5.75 Å². The molecule has 0 bridgehead atoms. The minimum absolute atomic E-state index is 0.224. The van der Waals surface area contributed by atoms with Gasteiger partial charge in [-0.1, -0.05) is 6.07 Å². The van der Waals surface area contributed by atoms with Crippen LogP contribution in [0.1, 0.15) is 16.7 Å². The third-order valence-corrected chi connectivity index (χ3v) is 5.70. The molecule has 0 saturated carbocycles. The lowest BCUT2D eigenvalue weighted by Crippen LogP contribution is -2.26. The third kappa shape index (κ3) is 4.47. The summed E-state index contributed by atoms with van der Waals surface area (Å²) in [7, 11) is 1.08. The first kappa shape index (κ1) is 20.1. The molecule has 142 valence electrons. The smallest absolute Gasteiger partial charge is 0.240 e. The molecule has 0 aliphatic carbocycles. The highest BCUT2D eigenvalue weighted by Crippen LogP contribution is 2.35. The van der Waals surface area contributed by atoms with Crippen molar-refractivity contribution >= 4 is 10.0 Å². The normalized spacial score (nSPS) is 11.3. The van der Waals surface area contributed by atoms with Crippen LogP contribution in [0.5, 0.6) is 17.2 Å². The van der Waals surface area contributed by atoms with E-state index in [1.54, 1.807) is 45.6 Å². The van der Waals surface area contributed by atoms with Crippen LogP contribution < -0.4 is 18.9 Å². The number of ether oxygens (including phenoxy) is 3. The Balaban J connectivity index is 2.17. The molecule has 0 amide bonds. The molecule has 0 aliphatic heterocycles. The average Bonchev–Trinajstić information content (AvgIpc) is 2.62. The highest BCUT2D eigenvalue weighted by atomic mass is 32.2. The van der Waals surface area contributed by atoms with Crippen LogP contribution in [-0.2, 0) is 16.4 Å². The topological polar surface area (TPSA) is 73.9 Å². The molecule has 0 spiro atoms. The zero-order valence-electron chi connectivity index (χ0n) is 15.8. The number of sulfonamides is 1. The van der Waals surface area contributed by atoms with Gasteiger partial charge in [0.2, 0.25) is 10.0 Å². The summed E-state index contributed by atoms with van der Waals surface area (Å²) in [5.41, 5.74) is 2.79. The largest absolute Gasteiger partial charge is 0.497 e. The van der Waals surface area contributed by atoms with E-state index in [0.29, 0.717) is 23.7 Å². The molecule has 0 radical (unpaired) electrons. The lowest BCUT2D eigenvalue weighted by atomic mass is 10.1. The van der Waals surface area contributed by atoms with E-state index in [2.05, 4.69) is 4.72 Å². The first-order valence-electron chi connectivity index (χ1n) is 8.18. The second kappa shape index (κ2) is 8.42. The molecule has 6 nitrogen and oxygen atoms in total. The van der Waals surface area contributed by atoms with E-state index in [1.165, 1.54) is 0 Å². The van der Waals surface area contributed by atoms with Gasteiger partial charge in [-0.25, -0.2) is 13.1 Å². The SMILES string of the molecule is COc1cc(CCNS(=O)(=O)c2ccc(C)c(C)c2)c(OC)c(OC)c1. The molecule has 2 aromatic rings. The van der Waals surface area contributed by atoms with Crippen molar-refractivity contribution in [3.63, 3.8) is 0 Å². The van der Waals surface area contributed by atoms with Crippen LogP contribution in [0.25, 0.3) is 0 Å². The maximum absolute atomic E-state index is 12.5. The third-order valence-electron chi connectivity index (χ3n) is 4.24. The fourth-order valence-electron chi connectivity index (χ4n) is 2.60. The molecule has 0 aliphatic rings. The van der Waals surface area contributed by atoms with Crippen LogP contribution in [0.15, 0.2) is 35.2 Å². The summed E-state index contributed by atoms with van der Waals surface area (Å²) in [6.45, 7) is 4.06. The standard InChI is InChI=1S/C19H25NO5S/c1-13-6-7-17(10-14(13)2)26(21,22)20-9-8-15-11-16(23-3)12-18(24-4)19(15)25-5/h6-7,10-12,20H,8-9H2,1-5H3. The van der Waals surface area contributed by atoms with Crippen molar-refractivity contribution in [3.05, 3.63) is 47.0 Å². The van der Waals surface area contributed by atoms with Crippen molar-refractivity contribution in [1.29, 1.82) is 0 Å². The molecule has 0 aromatic heterocycles. The van der Waals surface area contributed by atoms with Gasteiger partial charge in [-0.15, -0.1) is 0 Å². The van der Waals surface area contributed by atoms with Gasteiger partial charge in [0.15, 0.2) is 11.5 Å². The Morgan fingerprint density at radius 3 is 2.23 bits per heavy atom. The van der Waals surface area contributed by atoms with Crippen molar-refractivity contribution in [3.8, 4) is 17.2 Å². The van der Waals surface area contributed by atoms with E-state index in [0.717, 1.165) is 16.7 Å². The molecule has 0 heterocycles. The summed E-state index contributed by atoms with van der Waals surface area (Å²) in [6.07, 6.45) is 0.431. The number of nitrogens with one attached hydrogen (secondary N) is 1. The van der Waals surface area contributed by atoms with Gasteiger partial charge in [-0.3, -0.25) is 0 Å². The number of rotatable bonds is 8. The molecule has 0 unspecified atom stereocenters. The number of aryl methyl sites for hydroxylation is 2. The van der Waals surface area contributed by atoms with Gasteiger partial charge in [0, 0.05) is 18.2 Å². The lowest BCUT2D eigenvalue weighted by molar-refractivity contribution is 0.345. The minimum atomic E-state index is -3.57. The highest BCUT2D eigenvalue weighted by molar-refractivity contribution is 7.89. The minimum Gasteiger partial charge on any atom is -0.497 e. The van der Waals surface area contributed by atoms with Gasteiger partial charge in [-0.05, 0) is 49.6 Å². The predicted octanol–water partition coefficient (Wildman–Crippen LogP) is 2.85. The van der Waals surface area contributed by atoms with Gasteiger partial charge >= 0.3 is 0 Å². The van der Waals surface area contributed by atoms with E-state index in [4.69, 9.17) is 14.2 Å². The van der Waals surface area contributed by atoms with Gasteiger partial charge in [-0.2, -0.15) is 0 Å². The van der Waals surface area contributed by atoms with Gasteiger partial charge in [0.05, 0.1) is 26.2 Å².